The number of sulfonamides is 1. The van der Waals surface area contributed by atoms with Crippen LogP contribution in [0.15, 0.2) is 82.8 Å². The minimum atomic E-state index is -5.60. The first-order chi connectivity index (χ1) is 18.6. The Morgan fingerprint density at radius 2 is 1.52 bits per heavy atom. The number of benzene rings is 2. The van der Waals surface area contributed by atoms with E-state index >= 15 is 0 Å². The Kier molecular flexibility index (Phi) is 7.40. The lowest BCUT2D eigenvalue weighted by atomic mass is 10.0. The Bertz CT molecular complexity index is 1660. The molecule has 1 aliphatic rings. The number of nitrogens with one attached hydrogen (secondary N) is 1. The number of urea groups is 1. The quantitative estimate of drug-likeness (QED) is 0.389. The average Bonchev–Trinajstić information content (AvgIpc) is 3.06. The smallest absolute Gasteiger partial charge is 0.309 e. The molecule has 0 bridgehead atoms. The van der Waals surface area contributed by atoms with Crippen LogP contribution in [0.2, 0.25) is 0 Å². The molecule has 40 heavy (non-hydrogen) atoms. The standard InChI is InChI=1S/C25H23F3N4O6S2/c1-24(2)22(33)32(18-8-10-19(11-9-18)39(35,36)25(26,27)28)23(34)31(24)15-13-17-12-14-29-16-21(17)30-40(37,38)20-6-4-3-5-7-20/h3-12,14,16,30H,13,15H2,1-2H3. The molecule has 0 saturated carbocycles. The van der Waals surface area contributed by atoms with Gasteiger partial charge in [0, 0.05) is 12.7 Å². The Hall–Kier alpha value is -3.98. The van der Waals surface area contributed by atoms with Crippen LogP contribution in [-0.2, 0) is 31.1 Å². The van der Waals surface area contributed by atoms with Gasteiger partial charge in [-0.3, -0.25) is 14.5 Å². The van der Waals surface area contributed by atoms with Gasteiger partial charge in [-0.05, 0) is 68.3 Å². The molecule has 0 radical (unpaired) electrons. The highest BCUT2D eigenvalue weighted by atomic mass is 32.2. The van der Waals surface area contributed by atoms with E-state index in [1.165, 1.54) is 43.3 Å². The fourth-order valence-corrected chi connectivity index (χ4v) is 5.98. The molecule has 1 aromatic heterocycles. The van der Waals surface area contributed by atoms with Crippen molar-refractivity contribution in [1.82, 2.24) is 9.88 Å². The minimum absolute atomic E-state index is 0.0291. The van der Waals surface area contributed by atoms with Gasteiger partial charge in [0.15, 0.2) is 0 Å². The van der Waals surface area contributed by atoms with Crippen LogP contribution < -0.4 is 9.62 Å². The summed E-state index contributed by atoms with van der Waals surface area (Å²) in [5, 5.41) is 0. The van der Waals surface area contributed by atoms with Crippen molar-refractivity contribution < 1.29 is 39.6 Å². The number of alkyl halides is 3. The van der Waals surface area contributed by atoms with Crippen LogP contribution in [0.1, 0.15) is 19.4 Å². The first-order valence-corrected chi connectivity index (χ1v) is 14.6. The number of rotatable bonds is 8. The molecule has 1 aliphatic heterocycles. The van der Waals surface area contributed by atoms with Crippen molar-refractivity contribution in [3.8, 4) is 0 Å². The summed E-state index contributed by atoms with van der Waals surface area (Å²) in [5.41, 5.74) is -6.31. The van der Waals surface area contributed by atoms with Gasteiger partial charge < -0.3 is 4.90 Å². The van der Waals surface area contributed by atoms with Crippen LogP contribution in [0.25, 0.3) is 0 Å². The van der Waals surface area contributed by atoms with E-state index in [0.29, 0.717) is 17.7 Å². The van der Waals surface area contributed by atoms with Gasteiger partial charge in [-0.25, -0.2) is 26.5 Å². The number of anilines is 2. The zero-order valence-electron chi connectivity index (χ0n) is 21.1. The molecule has 10 nitrogen and oxygen atoms in total. The zero-order chi connectivity index (χ0) is 29.5. The van der Waals surface area contributed by atoms with E-state index in [-0.39, 0.29) is 29.2 Å². The van der Waals surface area contributed by atoms with E-state index in [0.717, 1.165) is 17.0 Å². The molecule has 4 rings (SSSR count). The minimum Gasteiger partial charge on any atom is -0.309 e. The summed E-state index contributed by atoms with van der Waals surface area (Å²) in [6.07, 6.45) is 2.88. The molecule has 0 aliphatic carbocycles. The van der Waals surface area contributed by atoms with Crippen molar-refractivity contribution in [1.29, 1.82) is 0 Å². The van der Waals surface area contributed by atoms with Gasteiger partial charge in [-0.15, -0.1) is 0 Å². The summed E-state index contributed by atoms with van der Waals surface area (Å²) in [5.74, 6) is -0.677. The second-order valence-electron chi connectivity index (χ2n) is 9.28. The Balaban J connectivity index is 1.55. The molecule has 2 heterocycles. The number of aromatic nitrogens is 1. The molecule has 212 valence electrons. The highest BCUT2D eigenvalue weighted by molar-refractivity contribution is 7.92. The predicted octanol–water partition coefficient (Wildman–Crippen LogP) is 3.97. The molecule has 2 aromatic carbocycles. The van der Waals surface area contributed by atoms with Crippen LogP contribution >= 0.6 is 0 Å². The predicted molar refractivity (Wildman–Crippen MR) is 139 cm³/mol. The summed E-state index contributed by atoms with van der Waals surface area (Å²) in [6.45, 7) is 2.95. The number of hydrogen-bond donors (Lipinski definition) is 1. The number of nitrogens with zero attached hydrogens (tertiary/aromatic N) is 3. The summed E-state index contributed by atoms with van der Waals surface area (Å²) in [7, 11) is -9.53. The van der Waals surface area contributed by atoms with Gasteiger partial charge in [-0.1, -0.05) is 18.2 Å². The summed E-state index contributed by atoms with van der Waals surface area (Å²) >= 11 is 0. The van der Waals surface area contributed by atoms with Gasteiger partial charge in [0.25, 0.3) is 25.8 Å². The molecule has 1 N–H and O–H groups in total. The van der Waals surface area contributed by atoms with Crippen LogP contribution in [-0.4, -0.2) is 56.2 Å². The molecule has 0 atom stereocenters. The maximum Gasteiger partial charge on any atom is 0.501 e. The lowest BCUT2D eigenvalue weighted by Gasteiger charge is -2.28. The van der Waals surface area contributed by atoms with Crippen molar-refractivity contribution in [2.75, 3.05) is 16.2 Å². The monoisotopic (exact) mass is 596 g/mol. The maximum atomic E-state index is 13.3. The topological polar surface area (TPSA) is 134 Å². The number of carbonyl (C=O) groups excluding carboxylic acids is 2. The molecule has 0 unspecified atom stereocenters. The first-order valence-electron chi connectivity index (χ1n) is 11.7. The third kappa shape index (κ3) is 5.25. The molecule has 3 aromatic rings. The van der Waals surface area contributed by atoms with Gasteiger partial charge in [-0.2, -0.15) is 13.2 Å². The fourth-order valence-electron chi connectivity index (χ4n) is 4.12. The van der Waals surface area contributed by atoms with E-state index in [4.69, 9.17) is 0 Å². The van der Waals surface area contributed by atoms with Crippen LogP contribution in [0.5, 0.6) is 0 Å². The van der Waals surface area contributed by atoms with Crippen LogP contribution in [0, 0.1) is 0 Å². The molecule has 3 amide bonds. The van der Waals surface area contributed by atoms with Crippen molar-refractivity contribution in [3.63, 3.8) is 0 Å². The van der Waals surface area contributed by atoms with E-state index in [9.17, 15) is 39.6 Å². The van der Waals surface area contributed by atoms with E-state index in [2.05, 4.69) is 9.71 Å². The number of amides is 3. The number of halogens is 3. The van der Waals surface area contributed by atoms with Crippen LogP contribution in [0.4, 0.5) is 29.3 Å². The highest BCUT2D eigenvalue weighted by Crippen LogP contribution is 2.35. The molecule has 1 saturated heterocycles. The van der Waals surface area contributed by atoms with Crippen LogP contribution in [0.3, 0.4) is 0 Å². The number of hydrogen-bond acceptors (Lipinski definition) is 7. The molecule has 1 fully saturated rings. The second-order valence-corrected chi connectivity index (χ2v) is 12.9. The van der Waals surface area contributed by atoms with Crippen molar-refractivity contribution in [2.45, 2.75) is 41.1 Å². The summed E-state index contributed by atoms with van der Waals surface area (Å²) < 4.78 is 90.0. The first kappa shape index (κ1) is 29.0. The van der Waals surface area contributed by atoms with Gasteiger partial charge >= 0.3 is 11.5 Å². The highest BCUT2D eigenvalue weighted by Gasteiger charge is 2.52. The van der Waals surface area contributed by atoms with Crippen molar-refractivity contribution >= 4 is 43.2 Å². The van der Waals surface area contributed by atoms with E-state index < -0.39 is 47.7 Å². The molecular formula is C25H23F3N4O6S2. The Morgan fingerprint density at radius 3 is 2.12 bits per heavy atom. The van der Waals surface area contributed by atoms with Crippen molar-refractivity contribution in [3.05, 3.63) is 78.6 Å². The lowest BCUT2D eigenvalue weighted by molar-refractivity contribution is -0.123. The number of pyridine rings is 1. The SMILES string of the molecule is CC1(C)C(=O)N(c2ccc(S(=O)(=O)C(F)(F)F)cc2)C(=O)N1CCc1ccncc1NS(=O)(=O)c1ccccc1. The number of carbonyl (C=O) groups is 2. The zero-order valence-corrected chi connectivity index (χ0v) is 22.7. The van der Waals surface area contributed by atoms with Gasteiger partial charge in [0.05, 0.1) is 27.4 Å². The normalized spacial score (nSPS) is 15.9. The largest absolute Gasteiger partial charge is 0.501 e. The number of sulfone groups is 1. The second kappa shape index (κ2) is 10.2. The molecule has 15 heteroatoms. The van der Waals surface area contributed by atoms with E-state index in [1.54, 1.807) is 24.3 Å². The average molecular weight is 597 g/mol. The summed E-state index contributed by atoms with van der Waals surface area (Å²) in [6, 6.07) is 11.7. The van der Waals surface area contributed by atoms with Crippen molar-refractivity contribution in [2.24, 2.45) is 0 Å². The Morgan fingerprint density at radius 1 is 0.900 bits per heavy atom. The molecular weight excluding hydrogens is 573 g/mol. The Labute approximate surface area is 228 Å². The maximum absolute atomic E-state index is 13.3. The summed E-state index contributed by atoms with van der Waals surface area (Å²) in [4.78, 5) is 31.5. The molecule has 0 spiro atoms. The van der Waals surface area contributed by atoms with Gasteiger partial charge in [0.1, 0.15) is 5.54 Å². The number of imide groups is 1. The third-order valence-electron chi connectivity index (χ3n) is 6.35. The fraction of sp³-hybridized carbons (Fsp3) is 0.240. The van der Waals surface area contributed by atoms with Gasteiger partial charge in [0.2, 0.25) is 0 Å². The lowest BCUT2D eigenvalue weighted by Crippen LogP contribution is -2.45. The third-order valence-corrected chi connectivity index (χ3v) is 9.23. The van der Waals surface area contributed by atoms with E-state index in [1.807, 2.05) is 0 Å².